The first-order valence-corrected chi connectivity index (χ1v) is 9.41. The molecule has 144 valence electrons. The summed E-state index contributed by atoms with van der Waals surface area (Å²) in [6, 6.07) is 13.4. The number of thiocarbonyl (C=S) groups is 1. The first-order valence-electron chi connectivity index (χ1n) is 7.83. The summed E-state index contributed by atoms with van der Waals surface area (Å²) in [4.78, 5) is 12.6. The lowest BCUT2D eigenvalue weighted by Gasteiger charge is -2.14. The molecular weight excluding hydrogens is 477 g/mol. The van der Waals surface area contributed by atoms with Crippen LogP contribution in [-0.2, 0) is 6.18 Å². The van der Waals surface area contributed by atoms with E-state index in [1.165, 1.54) is 0 Å². The van der Waals surface area contributed by atoms with Crippen molar-refractivity contribution < 1.29 is 18.0 Å². The molecule has 0 spiro atoms. The van der Waals surface area contributed by atoms with Crippen molar-refractivity contribution in [1.82, 2.24) is 5.32 Å². The van der Waals surface area contributed by atoms with E-state index in [0.29, 0.717) is 10.9 Å². The molecule has 9 heteroatoms. The molecule has 0 aliphatic carbocycles. The number of fused-ring (bicyclic) bond motifs is 1. The number of carbonyl (C=O) groups excluding carboxylic acids is 1. The first-order chi connectivity index (χ1) is 13.2. The molecular formula is C19H11BrClF3N2OS. The number of amides is 1. The fraction of sp³-hybridized carbons (Fsp3) is 0.0526. The van der Waals surface area contributed by atoms with Crippen molar-refractivity contribution in [3.05, 3.63) is 75.2 Å². The number of halogens is 5. The Hall–Kier alpha value is -2.16. The molecule has 0 aliphatic rings. The van der Waals surface area contributed by atoms with Crippen molar-refractivity contribution in [2.45, 2.75) is 6.18 Å². The van der Waals surface area contributed by atoms with Gasteiger partial charge in [0.25, 0.3) is 5.91 Å². The Morgan fingerprint density at radius 1 is 1.04 bits per heavy atom. The second-order valence-corrected chi connectivity index (χ2v) is 7.41. The minimum atomic E-state index is -4.53. The molecule has 3 rings (SSSR count). The van der Waals surface area contributed by atoms with Crippen LogP contribution in [0.5, 0.6) is 0 Å². The highest BCUT2D eigenvalue weighted by atomic mass is 79.9. The number of hydrogen-bond acceptors (Lipinski definition) is 2. The van der Waals surface area contributed by atoms with Gasteiger partial charge in [-0.2, -0.15) is 13.2 Å². The molecule has 28 heavy (non-hydrogen) atoms. The Morgan fingerprint density at radius 2 is 1.71 bits per heavy atom. The van der Waals surface area contributed by atoms with Crippen LogP contribution in [0.2, 0.25) is 5.02 Å². The van der Waals surface area contributed by atoms with Crippen LogP contribution in [0.25, 0.3) is 10.8 Å². The molecule has 0 saturated carbocycles. The van der Waals surface area contributed by atoms with Gasteiger partial charge in [0, 0.05) is 10.0 Å². The number of hydrogen-bond donors (Lipinski definition) is 2. The Bertz CT molecular complexity index is 1090. The molecule has 0 aliphatic heterocycles. The second kappa shape index (κ2) is 8.06. The van der Waals surface area contributed by atoms with E-state index >= 15 is 0 Å². The monoisotopic (exact) mass is 486 g/mol. The molecule has 0 heterocycles. The third kappa shape index (κ3) is 4.45. The van der Waals surface area contributed by atoms with Crippen LogP contribution in [-0.4, -0.2) is 11.0 Å². The van der Waals surface area contributed by atoms with Crippen molar-refractivity contribution in [2.75, 3.05) is 5.32 Å². The maximum atomic E-state index is 12.9. The predicted molar refractivity (Wildman–Crippen MR) is 112 cm³/mol. The maximum absolute atomic E-state index is 12.9. The molecule has 0 saturated heterocycles. The number of carbonyl (C=O) groups is 1. The second-order valence-electron chi connectivity index (χ2n) is 5.74. The van der Waals surface area contributed by atoms with Crippen LogP contribution in [0.4, 0.5) is 18.9 Å². The molecule has 0 unspecified atom stereocenters. The lowest BCUT2D eigenvalue weighted by atomic mass is 10.0. The highest BCUT2D eigenvalue weighted by molar-refractivity contribution is 9.10. The van der Waals surface area contributed by atoms with E-state index < -0.39 is 17.6 Å². The Morgan fingerprint density at radius 3 is 2.43 bits per heavy atom. The van der Waals surface area contributed by atoms with Crippen LogP contribution in [0.1, 0.15) is 15.9 Å². The summed E-state index contributed by atoms with van der Waals surface area (Å²) in [5.41, 5.74) is -0.562. The third-order valence-corrected chi connectivity index (χ3v) is 5.11. The quantitative estimate of drug-likeness (QED) is 0.411. The van der Waals surface area contributed by atoms with Crippen LogP contribution in [0.3, 0.4) is 0 Å². The maximum Gasteiger partial charge on any atom is 0.416 e. The zero-order valence-electron chi connectivity index (χ0n) is 13.9. The number of nitrogens with one attached hydrogen (secondary N) is 2. The largest absolute Gasteiger partial charge is 0.416 e. The minimum Gasteiger partial charge on any atom is -0.331 e. The number of rotatable bonds is 2. The van der Waals surface area contributed by atoms with Gasteiger partial charge in [0.2, 0.25) is 0 Å². The van der Waals surface area contributed by atoms with Crippen LogP contribution in [0.15, 0.2) is 59.1 Å². The highest BCUT2D eigenvalue weighted by Crippen LogP contribution is 2.33. The molecule has 0 bridgehead atoms. The average Bonchev–Trinajstić information content (AvgIpc) is 2.62. The summed E-state index contributed by atoms with van der Waals surface area (Å²) in [6.45, 7) is 0. The predicted octanol–water partition coefficient (Wildman–Crippen LogP) is 6.40. The van der Waals surface area contributed by atoms with Crippen LogP contribution in [0, 0.1) is 0 Å². The molecule has 3 aromatic rings. The van der Waals surface area contributed by atoms with Gasteiger partial charge in [-0.25, -0.2) is 0 Å². The Labute approximate surface area is 177 Å². The van der Waals surface area contributed by atoms with Crippen LogP contribution >= 0.6 is 39.7 Å². The molecule has 0 fully saturated rings. The summed E-state index contributed by atoms with van der Waals surface area (Å²) >= 11 is 14.4. The minimum absolute atomic E-state index is 0.0405. The molecule has 0 aromatic heterocycles. The SMILES string of the molecule is O=C(NC(=S)Nc1cc(C(F)(F)F)ccc1Cl)c1cccc2c(Br)cccc12. The Balaban J connectivity index is 1.81. The van der Waals surface area contributed by atoms with Gasteiger partial charge in [-0.05, 0) is 53.3 Å². The van der Waals surface area contributed by atoms with Gasteiger partial charge in [-0.3, -0.25) is 10.1 Å². The van der Waals surface area contributed by atoms with Gasteiger partial charge in [0.05, 0.1) is 16.3 Å². The average molecular weight is 488 g/mol. The summed E-state index contributed by atoms with van der Waals surface area (Å²) < 4.78 is 39.4. The fourth-order valence-corrected chi connectivity index (χ4v) is 3.46. The fourth-order valence-electron chi connectivity index (χ4n) is 2.59. The lowest BCUT2D eigenvalue weighted by Crippen LogP contribution is -2.34. The summed E-state index contributed by atoms with van der Waals surface area (Å²) in [5.74, 6) is -0.496. The first kappa shape index (κ1) is 20.6. The molecule has 0 atom stereocenters. The third-order valence-electron chi connectivity index (χ3n) is 3.88. The number of anilines is 1. The van der Waals surface area contributed by atoms with E-state index in [-0.39, 0.29) is 15.8 Å². The van der Waals surface area contributed by atoms with Gasteiger partial charge < -0.3 is 5.32 Å². The number of alkyl halides is 3. The van der Waals surface area contributed by atoms with E-state index in [1.54, 1.807) is 24.3 Å². The van der Waals surface area contributed by atoms with Gasteiger partial charge in [0.15, 0.2) is 5.11 Å². The zero-order chi connectivity index (χ0) is 20.5. The van der Waals surface area contributed by atoms with E-state index in [4.69, 9.17) is 23.8 Å². The van der Waals surface area contributed by atoms with E-state index in [1.807, 2.05) is 12.1 Å². The van der Waals surface area contributed by atoms with Crippen molar-refractivity contribution in [1.29, 1.82) is 0 Å². The van der Waals surface area contributed by atoms with Gasteiger partial charge in [0.1, 0.15) is 0 Å². The normalized spacial score (nSPS) is 11.3. The highest BCUT2D eigenvalue weighted by Gasteiger charge is 2.31. The van der Waals surface area contributed by atoms with Crippen molar-refractivity contribution in [3.63, 3.8) is 0 Å². The van der Waals surface area contributed by atoms with Crippen LogP contribution < -0.4 is 10.6 Å². The van der Waals surface area contributed by atoms with E-state index in [9.17, 15) is 18.0 Å². The smallest absolute Gasteiger partial charge is 0.331 e. The topological polar surface area (TPSA) is 41.1 Å². The standard InChI is InChI=1S/C19H11BrClF3N2OS/c20-14-6-2-3-11-12(14)4-1-5-13(11)17(27)26-18(28)25-16-9-10(19(22,23)24)7-8-15(16)21/h1-9H,(H2,25,26,27,28). The molecule has 2 N–H and O–H groups in total. The Kier molecular flexibility index (Phi) is 5.92. The number of benzene rings is 3. The summed E-state index contributed by atoms with van der Waals surface area (Å²) in [7, 11) is 0. The van der Waals surface area contributed by atoms with Gasteiger partial charge in [-0.1, -0.05) is 51.8 Å². The molecule has 3 nitrogen and oxygen atoms in total. The molecule has 1 amide bonds. The summed E-state index contributed by atoms with van der Waals surface area (Å²) in [5, 5.41) is 6.43. The molecule has 3 aromatic carbocycles. The van der Waals surface area contributed by atoms with Crippen molar-refractivity contribution in [3.8, 4) is 0 Å². The van der Waals surface area contributed by atoms with Crippen molar-refractivity contribution >= 4 is 67.2 Å². The lowest BCUT2D eigenvalue weighted by molar-refractivity contribution is -0.137. The van der Waals surface area contributed by atoms with Crippen molar-refractivity contribution in [2.24, 2.45) is 0 Å². The molecule has 0 radical (unpaired) electrons. The van der Waals surface area contributed by atoms with Gasteiger partial charge >= 0.3 is 6.18 Å². The zero-order valence-corrected chi connectivity index (χ0v) is 17.1. The van der Waals surface area contributed by atoms with E-state index in [0.717, 1.165) is 28.1 Å². The van der Waals surface area contributed by atoms with Gasteiger partial charge in [-0.15, -0.1) is 0 Å². The summed E-state index contributed by atoms with van der Waals surface area (Å²) in [6.07, 6.45) is -4.53. The van der Waals surface area contributed by atoms with E-state index in [2.05, 4.69) is 26.6 Å².